The molecule has 0 saturated heterocycles. The molecule has 120 valence electrons. The standard InChI is InChI=1S/C16H27ClN2O2/c1-5-11(6-2)10-19-13(9-18)12-7-8-14(20-3)16(21-4)15(12)17/h7-8,11,13,19H,5-6,9-10,18H2,1-4H3. The molecular weight excluding hydrogens is 288 g/mol. The maximum Gasteiger partial charge on any atom is 0.179 e. The van der Waals surface area contributed by atoms with E-state index < -0.39 is 0 Å². The molecule has 1 aromatic carbocycles. The van der Waals surface area contributed by atoms with Crippen molar-refractivity contribution < 1.29 is 9.47 Å². The second kappa shape index (κ2) is 9.13. The normalized spacial score (nSPS) is 12.5. The molecule has 1 rings (SSSR count). The van der Waals surface area contributed by atoms with Crippen LogP contribution < -0.4 is 20.5 Å². The van der Waals surface area contributed by atoms with Gasteiger partial charge < -0.3 is 20.5 Å². The van der Waals surface area contributed by atoms with Crippen LogP contribution in [-0.2, 0) is 0 Å². The Morgan fingerprint density at radius 2 is 1.86 bits per heavy atom. The first-order valence-corrected chi connectivity index (χ1v) is 7.84. The van der Waals surface area contributed by atoms with Crippen LogP contribution in [0.1, 0.15) is 38.3 Å². The molecule has 21 heavy (non-hydrogen) atoms. The lowest BCUT2D eigenvalue weighted by Gasteiger charge is -2.23. The first-order chi connectivity index (χ1) is 10.1. The van der Waals surface area contributed by atoms with Crippen molar-refractivity contribution in [2.75, 3.05) is 27.3 Å². The molecule has 1 unspecified atom stereocenters. The lowest BCUT2D eigenvalue weighted by molar-refractivity contribution is 0.353. The SMILES string of the molecule is CCC(CC)CNC(CN)c1ccc(OC)c(OC)c1Cl. The average Bonchev–Trinajstić information content (AvgIpc) is 2.52. The first kappa shape index (κ1) is 18.1. The van der Waals surface area contributed by atoms with Crippen molar-refractivity contribution in [3.63, 3.8) is 0 Å². The van der Waals surface area contributed by atoms with E-state index >= 15 is 0 Å². The van der Waals surface area contributed by atoms with E-state index in [0.29, 0.717) is 29.0 Å². The molecule has 0 aliphatic heterocycles. The topological polar surface area (TPSA) is 56.5 Å². The van der Waals surface area contributed by atoms with Crippen molar-refractivity contribution in [3.05, 3.63) is 22.7 Å². The average molecular weight is 315 g/mol. The van der Waals surface area contributed by atoms with E-state index in [1.165, 1.54) is 0 Å². The summed E-state index contributed by atoms with van der Waals surface area (Å²) in [6.07, 6.45) is 2.31. The van der Waals surface area contributed by atoms with Gasteiger partial charge in [0.2, 0.25) is 0 Å². The van der Waals surface area contributed by atoms with E-state index in [0.717, 1.165) is 24.9 Å². The highest BCUT2D eigenvalue weighted by atomic mass is 35.5. The van der Waals surface area contributed by atoms with Gasteiger partial charge in [0.15, 0.2) is 11.5 Å². The Labute approximate surface area is 133 Å². The Balaban J connectivity index is 2.95. The molecule has 0 bridgehead atoms. The lowest BCUT2D eigenvalue weighted by atomic mass is 10.0. The van der Waals surface area contributed by atoms with Crippen molar-refractivity contribution in [1.82, 2.24) is 5.32 Å². The largest absolute Gasteiger partial charge is 0.493 e. The van der Waals surface area contributed by atoms with Crippen LogP contribution in [0.2, 0.25) is 5.02 Å². The van der Waals surface area contributed by atoms with Gasteiger partial charge in [-0.2, -0.15) is 0 Å². The molecular formula is C16H27ClN2O2. The highest BCUT2D eigenvalue weighted by Gasteiger charge is 2.19. The number of ether oxygens (including phenoxy) is 2. The third-order valence-electron chi connectivity index (χ3n) is 3.93. The Kier molecular flexibility index (Phi) is 7.86. The van der Waals surface area contributed by atoms with Crippen LogP contribution in [-0.4, -0.2) is 27.3 Å². The van der Waals surface area contributed by atoms with Crippen LogP contribution in [0.3, 0.4) is 0 Å². The van der Waals surface area contributed by atoms with E-state index in [1.807, 2.05) is 12.1 Å². The van der Waals surface area contributed by atoms with Crippen LogP contribution in [0.25, 0.3) is 0 Å². The van der Waals surface area contributed by atoms with Crippen molar-refractivity contribution >= 4 is 11.6 Å². The summed E-state index contributed by atoms with van der Waals surface area (Å²) in [4.78, 5) is 0. The molecule has 0 amide bonds. The predicted octanol–water partition coefficient (Wildman–Crippen LogP) is 3.38. The van der Waals surface area contributed by atoms with Crippen LogP contribution in [0.4, 0.5) is 0 Å². The molecule has 1 atom stereocenters. The van der Waals surface area contributed by atoms with Crippen LogP contribution in [0, 0.1) is 5.92 Å². The van der Waals surface area contributed by atoms with Gasteiger partial charge in [-0.05, 0) is 24.1 Å². The predicted molar refractivity (Wildman–Crippen MR) is 88.4 cm³/mol. The molecule has 3 N–H and O–H groups in total. The molecule has 0 aliphatic carbocycles. The van der Waals surface area contributed by atoms with Crippen molar-refractivity contribution in [2.45, 2.75) is 32.7 Å². The lowest BCUT2D eigenvalue weighted by Crippen LogP contribution is -2.32. The Bertz CT molecular complexity index is 437. The summed E-state index contributed by atoms with van der Waals surface area (Å²) in [5, 5.41) is 4.07. The fourth-order valence-corrected chi connectivity index (χ4v) is 2.75. The third-order valence-corrected chi connectivity index (χ3v) is 4.32. The van der Waals surface area contributed by atoms with Gasteiger partial charge in [0.25, 0.3) is 0 Å². The molecule has 0 spiro atoms. The number of methoxy groups -OCH3 is 2. The van der Waals surface area contributed by atoms with Crippen molar-refractivity contribution in [1.29, 1.82) is 0 Å². The fourth-order valence-electron chi connectivity index (χ4n) is 2.38. The van der Waals surface area contributed by atoms with E-state index in [2.05, 4.69) is 19.2 Å². The minimum atomic E-state index is 0.0120. The van der Waals surface area contributed by atoms with Gasteiger partial charge in [-0.1, -0.05) is 44.4 Å². The maximum absolute atomic E-state index is 6.45. The second-order valence-electron chi connectivity index (χ2n) is 5.08. The summed E-state index contributed by atoms with van der Waals surface area (Å²) in [5.41, 5.74) is 6.86. The van der Waals surface area contributed by atoms with Gasteiger partial charge in [0.1, 0.15) is 0 Å². The van der Waals surface area contributed by atoms with Gasteiger partial charge in [-0.15, -0.1) is 0 Å². The molecule has 0 saturated carbocycles. The van der Waals surface area contributed by atoms with Crippen LogP contribution >= 0.6 is 11.6 Å². The molecule has 0 fully saturated rings. The van der Waals surface area contributed by atoms with Crippen LogP contribution in [0.5, 0.6) is 11.5 Å². The quantitative estimate of drug-likeness (QED) is 0.733. The van der Waals surface area contributed by atoms with Gasteiger partial charge in [0, 0.05) is 12.6 Å². The van der Waals surface area contributed by atoms with Crippen molar-refractivity contribution in [3.8, 4) is 11.5 Å². The Hall–Kier alpha value is -0.970. The van der Waals surface area contributed by atoms with E-state index in [4.69, 9.17) is 26.8 Å². The Morgan fingerprint density at radius 3 is 2.33 bits per heavy atom. The molecule has 0 aromatic heterocycles. The summed E-state index contributed by atoms with van der Waals surface area (Å²) < 4.78 is 10.6. The Morgan fingerprint density at radius 1 is 1.19 bits per heavy atom. The summed E-state index contributed by atoms with van der Waals surface area (Å²) in [6.45, 7) is 5.82. The summed E-state index contributed by atoms with van der Waals surface area (Å²) >= 11 is 6.45. The highest BCUT2D eigenvalue weighted by molar-refractivity contribution is 6.33. The zero-order chi connectivity index (χ0) is 15.8. The summed E-state index contributed by atoms with van der Waals surface area (Å²) in [5.74, 6) is 1.83. The smallest absolute Gasteiger partial charge is 0.179 e. The first-order valence-electron chi connectivity index (χ1n) is 7.46. The van der Waals surface area contributed by atoms with Crippen molar-refractivity contribution in [2.24, 2.45) is 11.7 Å². The molecule has 5 heteroatoms. The van der Waals surface area contributed by atoms with E-state index in [9.17, 15) is 0 Å². The number of rotatable bonds is 9. The molecule has 0 aliphatic rings. The van der Waals surface area contributed by atoms with Gasteiger partial charge in [-0.3, -0.25) is 0 Å². The number of hydrogen-bond donors (Lipinski definition) is 2. The number of hydrogen-bond acceptors (Lipinski definition) is 4. The van der Waals surface area contributed by atoms with Gasteiger partial charge in [-0.25, -0.2) is 0 Å². The maximum atomic E-state index is 6.45. The molecule has 0 heterocycles. The summed E-state index contributed by atoms with van der Waals surface area (Å²) in [7, 11) is 3.18. The third kappa shape index (κ3) is 4.50. The zero-order valence-electron chi connectivity index (χ0n) is 13.4. The minimum absolute atomic E-state index is 0.0120. The van der Waals surface area contributed by atoms with Crippen LogP contribution in [0.15, 0.2) is 12.1 Å². The minimum Gasteiger partial charge on any atom is -0.493 e. The monoisotopic (exact) mass is 314 g/mol. The number of nitrogens with two attached hydrogens (primary N) is 1. The molecule has 4 nitrogen and oxygen atoms in total. The summed E-state index contributed by atoms with van der Waals surface area (Å²) in [6, 6.07) is 3.82. The van der Waals surface area contributed by atoms with Gasteiger partial charge >= 0.3 is 0 Å². The second-order valence-corrected chi connectivity index (χ2v) is 5.46. The number of halogens is 1. The number of benzene rings is 1. The number of nitrogens with one attached hydrogen (secondary N) is 1. The molecule has 1 aromatic rings. The van der Waals surface area contributed by atoms with E-state index in [1.54, 1.807) is 14.2 Å². The molecule has 0 radical (unpaired) electrons. The van der Waals surface area contributed by atoms with Gasteiger partial charge in [0.05, 0.1) is 19.2 Å². The zero-order valence-corrected chi connectivity index (χ0v) is 14.2. The highest BCUT2D eigenvalue weighted by Crippen LogP contribution is 2.39. The van der Waals surface area contributed by atoms with E-state index in [-0.39, 0.29) is 6.04 Å². The fraction of sp³-hybridized carbons (Fsp3) is 0.625.